The number of aromatic amines is 1. The number of carbonyl (C=O) groups excluding carboxylic acids is 1. The smallest absolute Gasteiger partial charge is 0.340 e. The summed E-state index contributed by atoms with van der Waals surface area (Å²) in [6.07, 6.45) is 4.31. The molecule has 4 bridgehead atoms. The maximum absolute atomic E-state index is 12.8. The summed E-state index contributed by atoms with van der Waals surface area (Å²) < 4.78 is 37.5. The van der Waals surface area contributed by atoms with E-state index in [4.69, 9.17) is 10.2 Å². The van der Waals surface area contributed by atoms with E-state index in [1.54, 1.807) is 0 Å². The van der Waals surface area contributed by atoms with E-state index < -0.39 is 5.97 Å². The molecule has 2 N–H and O–H groups in total. The number of hydrogen-bond acceptors (Lipinski definition) is 4. The number of rotatable bonds is 2. The lowest BCUT2D eigenvalue weighted by Gasteiger charge is -2.56. The minimum absolute atomic E-state index is 0.148. The minimum Gasteiger partial charge on any atom is -0.459 e. The van der Waals surface area contributed by atoms with Gasteiger partial charge in [0.05, 0.1) is 17.2 Å². The summed E-state index contributed by atoms with van der Waals surface area (Å²) in [6, 6.07) is -0.448. The number of nitrogens with one attached hydrogen (secondary N) is 1. The van der Waals surface area contributed by atoms with Crippen molar-refractivity contribution in [3.63, 3.8) is 0 Å². The van der Waals surface area contributed by atoms with Gasteiger partial charge in [-0.25, -0.2) is 4.79 Å². The Morgan fingerprint density at radius 3 is 2.75 bits per heavy atom. The van der Waals surface area contributed by atoms with E-state index in [1.165, 1.54) is 6.20 Å². The molecular formula is C19H22N2O3. The number of piperidine rings is 4. The van der Waals surface area contributed by atoms with Crippen molar-refractivity contribution in [1.29, 1.82) is 0 Å². The number of carbonyl (C=O) groups is 1. The van der Waals surface area contributed by atoms with Gasteiger partial charge >= 0.3 is 5.97 Å². The van der Waals surface area contributed by atoms with Gasteiger partial charge in [-0.05, 0) is 24.8 Å². The van der Waals surface area contributed by atoms with Crippen molar-refractivity contribution in [2.75, 3.05) is 6.54 Å². The number of para-hydroxylation sites is 1. The molecule has 5 heteroatoms. The number of nitrogens with zero attached hydrogens (tertiary/aromatic N) is 1. The fourth-order valence-corrected chi connectivity index (χ4v) is 4.82. The van der Waals surface area contributed by atoms with Gasteiger partial charge in [-0.15, -0.1) is 0 Å². The molecule has 0 spiro atoms. The molecule has 4 saturated heterocycles. The second-order valence-electron chi connectivity index (χ2n) is 7.25. The van der Waals surface area contributed by atoms with E-state index in [0.29, 0.717) is 24.5 Å². The fourth-order valence-electron chi connectivity index (χ4n) is 4.82. The van der Waals surface area contributed by atoms with Crippen LogP contribution >= 0.6 is 0 Å². The molecule has 1 aromatic heterocycles. The molecule has 4 aliphatic heterocycles. The summed E-state index contributed by atoms with van der Waals surface area (Å²) in [5.41, 5.74) is 0.367. The first-order chi connectivity index (χ1) is 13.3. The molecule has 0 amide bonds. The Balaban J connectivity index is 1.39. The van der Waals surface area contributed by atoms with E-state index in [2.05, 4.69) is 9.88 Å². The SMILES string of the molecule is [2H]c1c([2H])c([2H])c2c(C(=O)OC3CC4CC5CC(C3)N4CC5O)c[nH]c2c1[2H]. The van der Waals surface area contributed by atoms with Gasteiger partial charge in [-0.1, -0.05) is 18.1 Å². The Morgan fingerprint density at radius 1 is 1.25 bits per heavy atom. The molecule has 0 aliphatic carbocycles. The zero-order chi connectivity index (χ0) is 19.7. The average molecular weight is 330 g/mol. The zero-order valence-corrected chi connectivity index (χ0v) is 13.2. The molecule has 4 fully saturated rings. The molecule has 4 aliphatic rings. The summed E-state index contributed by atoms with van der Waals surface area (Å²) in [5.74, 6) is -0.206. The highest BCUT2D eigenvalue weighted by molar-refractivity contribution is 6.04. The van der Waals surface area contributed by atoms with Crippen LogP contribution in [0.3, 0.4) is 0 Å². The molecular weight excluding hydrogens is 304 g/mol. The van der Waals surface area contributed by atoms with E-state index in [9.17, 15) is 9.90 Å². The summed E-state index contributed by atoms with van der Waals surface area (Å²) >= 11 is 0. The molecule has 5 nitrogen and oxygen atoms in total. The van der Waals surface area contributed by atoms with Crippen LogP contribution in [0.4, 0.5) is 0 Å². The molecule has 5 heterocycles. The van der Waals surface area contributed by atoms with Crippen LogP contribution in [-0.2, 0) is 4.74 Å². The van der Waals surface area contributed by atoms with Crippen molar-refractivity contribution in [3.8, 4) is 0 Å². The molecule has 1 aromatic carbocycles. The molecule has 0 radical (unpaired) electrons. The molecule has 0 saturated carbocycles. The number of aromatic nitrogens is 1. The number of ether oxygens (including phenoxy) is 1. The van der Waals surface area contributed by atoms with Crippen LogP contribution in [0.1, 0.15) is 41.5 Å². The normalized spacial score (nSPS) is 39.9. The van der Waals surface area contributed by atoms with Gasteiger partial charge in [-0.3, -0.25) is 4.90 Å². The molecule has 2 aromatic rings. The number of hydrogen-bond donors (Lipinski definition) is 2. The minimum atomic E-state index is -0.554. The Labute approximate surface area is 146 Å². The molecule has 6 rings (SSSR count). The second-order valence-corrected chi connectivity index (χ2v) is 7.25. The Morgan fingerprint density at radius 2 is 2.00 bits per heavy atom. The van der Waals surface area contributed by atoms with Crippen molar-refractivity contribution < 1.29 is 20.1 Å². The van der Waals surface area contributed by atoms with E-state index in [1.807, 2.05) is 0 Å². The standard InChI is InChI=1S/C19H22N2O3/c22-18-10-21-12-5-11(18)6-13(21)8-14(7-12)24-19(23)16-9-20-17-4-2-1-3-15(16)17/h1-4,9,11-14,18,20,22H,5-8,10H2/i1D,2D,3D,4D. The van der Waals surface area contributed by atoms with E-state index in [-0.39, 0.29) is 52.8 Å². The number of aliphatic hydroxyl groups is 1. The van der Waals surface area contributed by atoms with Gasteiger partial charge in [-0.2, -0.15) is 0 Å². The average Bonchev–Trinajstić information content (AvgIpc) is 3.10. The van der Waals surface area contributed by atoms with Crippen molar-refractivity contribution in [3.05, 3.63) is 35.9 Å². The summed E-state index contributed by atoms with van der Waals surface area (Å²) in [7, 11) is 0. The Hall–Kier alpha value is -1.85. The molecule has 3 unspecified atom stereocenters. The number of esters is 1. The monoisotopic (exact) mass is 330 g/mol. The first-order valence-corrected chi connectivity index (χ1v) is 8.57. The number of fused-ring (bicyclic) bond motifs is 2. The van der Waals surface area contributed by atoms with Gasteiger partial charge in [0.1, 0.15) is 6.10 Å². The van der Waals surface area contributed by atoms with Crippen molar-refractivity contribution in [2.24, 2.45) is 5.92 Å². The highest BCUT2D eigenvalue weighted by Gasteiger charge is 2.49. The Bertz CT molecular complexity index is 962. The van der Waals surface area contributed by atoms with Gasteiger partial charge in [0.2, 0.25) is 0 Å². The molecule has 126 valence electrons. The number of H-pyrrole nitrogens is 1. The molecule has 24 heavy (non-hydrogen) atoms. The highest BCUT2D eigenvalue weighted by atomic mass is 16.5. The zero-order valence-electron chi connectivity index (χ0n) is 17.2. The lowest BCUT2D eigenvalue weighted by atomic mass is 9.71. The summed E-state index contributed by atoms with van der Waals surface area (Å²) in [6.45, 7) is 0.708. The van der Waals surface area contributed by atoms with Gasteiger partial charge in [0.25, 0.3) is 0 Å². The van der Waals surface area contributed by atoms with Crippen LogP contribution in [-0.4, -0.2) is 51.8 Å². The van der Waals surface area contributed by atoms with Crippen LogP contribution in [0.15, 0.2) is 30.4 Å². The second kappa shape index (κ2) is 5.33. The maximum Gasteiger partial charge on any atom is 0.340 e. The van der Waals surface area contributed by atoms with Crippen molar-refractivity contribution in [1.82, 2.24) is 9.88 Å². The lowest BCUT2D eigenvalue weighted by molar-refractivity contribution is -0.130. The van der Waals surface area contributed by atoms with Crippen LogP contribution < -0.4 is 0 Å². The third kappa shape index (κ3) is 2.19. The van der Waals surface area contributed by atoms with Crippen molar-refractivity contribution in [2.45, 2.75) is 50.0 Å². The largest absolute Gasteiger partial charge is 0.459 e. The van der Waals surface area contributed by atoms with Crippen LogP contribution in [0.2, 0.25) is 0 Å². The van der Waals surface area contributed by atoms with E-state index >= 15 is 0 Å². The topological polar surface area (TPSA) is 65.6 Å². The summed E-state index contributed by atoms with van der Waals surface area (Å²) in [5, 5.41) is 10.3. The first-order valence-electron chi connectivity index (χ1n) is 10.6. The maximum atomic E-state index is 12.8. The summed E-state index contributed by atoms with van der Waals surface area (Å²) in [4.78, 5) is 18.0. The lowest BCUT2D eigenvalue weighted by Crippen LogP contribution is -2.64. The van der Waals surface area contributed by atoms with Crippen LogP contribution in [0.25, 0.3) is 10.9 Å². The molecule has 3 atom stereocenters. The highest BCUT2D eigenvalue weighted by Crippen LogP contribution is 2.43. The number of benzene rings is 1. The predicted molar refractivity (Wildman–Crippen MR) is 89.7 cm³/mol. The van der Waals surface area contributed by atoms with Crippen LogP contribution in [0.5, 0.6) is 0 Å². The number of aliphatic hydroxyl groups excluding tert-OH is 1. The third-order valence-electron chi connectivity index (χ3n) is 5.91. The van der Waals surface area contributed by atoms with Gasteiger partial charge < -0.3 is 14.8 Å². The van der Waals surface area contributed by atoms with Gasteiger partial charge in [0, 0.05) is 48.6 Å². The fraction of sp³-hybridized carbons (Fsp3) is 0.526. The third-order valence-corrected chi connectivity index (χ3v) is 5.91. The van der Waals surface area contributed by atoms with E-state index in [0.717, 1.165) is 25.7 Å². The van der Waals surface area contributed by atoms with Gasteiger partial charge in [0.15, 0.2) is 0 Å². The van der Waals surface area contributed by atoms with Crippen molar-refractivity contribution >= 4 is 16.9 Å². The quantitative estimate of drug-likeness (QED) is 0.830. The van der Waals surface area contributed by atoms with Crippen LogP contribution in [0, 0.1) is 5.92 Å². The predicted octanol–water partition coefficient (Wildman–Crippen LogP) is 2.31. The Kier molecular flexibility index (Phi) is 2.42. The first kappa shape index (κ1) is 10.9.